The molecule has 1 aliphatic heterocycles. The van der Waals surface area contributed by atoms with Crippen molar-refractivity contribution in [3.05, 3.63) is 0 Å². The van der Waals surface area contributed by atoms with Crippen molar-refractivity contribution < 1.29 is 9.90 Å². The number of hydrogen-bond acceptors (Lipinski definition) is 9. The first-order chi connectivity index (χ1) is 10.8. The van der Waals surface area contributed by atoms with Crippen molar-refractivity contribution in [3.63, 3.8) is 0 Å². The van der Waals surface area contributed by atoms with Gasteiger partial charge in [0.25, 0.3) is 0 Å². The minimum absolute atomic E-state index is 0.0436. The Hall–Kier alpha value is -0.950. The van der Waals surface area contributed by atoms with Gasteiger partial charge in [-0.3, -0.25) is 20.4 Å². The van der Waals surface area contributed by atoms with Crippen LogP contribution in [-0.4, -0.2) is 71.2 Å². The molecule has 1 saturated heterocycles. The molecule has 0 saturated carbocycles. The van der Waals surface area contributed by atoms with Gasteiger partial charge in [-0.05, 0) is 13.5 Å². The van der Waals surface area contributed by atoms with Crippen LogP contribution in [0, 0.1) is 0 Å². The lowest BCUT2D eigenvalue weighted by Gasteiger charge is -2.33. The van der Waals surface area contributed by atoms with Crippen LogP contribution >= 0.6 is 11.8 Å². The molecule has 11 heteroatoms. The van der Waals surface area contributed by atoms with Crippen molar-refractivity contribution in [2.45, 2.75) is 43.3 Å². The Morgan fingerprint density at radius 1 is 1.52 bits per heavy atom. The fourth-order valence-corrected chi connectivity index (χ4v) is 3.00. The molecule has 0 spiro atoms. The standard InChI is InChI=1S/C12H28N8O2S/c1-3-6(9(14)21)20(2)12(16)19-11(8(13)10(15)22)18-7-4-17-5-23-7/h6-8,10,12,17,22H,3-5,13,15-16H2,1-2H3,(H2,14,21)(H,18,19). The van der Waals surface area contributed by atoms with E-state index in [1.807, 2.05) is 6.92 Å². The summed E-state index contributed by atoms with van der Waals surface area (Å²) in [5.74, 6) is 0.609. The summed E-state index contributed by atoms with van der Waals surface area (Å²) in [4.78, 5) is 17.5. The van der Waals surface area contributed by atoms with E-state index in [1.165, 1.54) is 0 Å². The van der Waals surface area contributed by atoms with Crippen LogP contribution in [0.1, 0.15) is 13.3 Å². The topological polar surface area (TPSA) is 181 Å². The second-order valence-electron chi connectivity index (χ2n) is 5.33. The summed E-state index contributed by atoms with van der Waals surface area (Å²) >= 11 is 1.61. The largest absolute Gasteiger partial charge is 0.377 e. The molecule has 0 radical (unpaired) electrons. The van der Waals surface area contributed by atoms with Crippen molar-refractivity contribution >= 4 is 23.5 Å². The zero-order chi connectivity index (χ0) is 17.6. The van der Waals surface area contributed by atoms with Crippen molar-refractivity contribution in [2.24, 2.45) is 27.9 Å². The second-order valence-corrected chi connectivity index (χ2v) is 6.50. The average molecular weight is 348 g/mol. The average Bonchev–Trinajstić information content (AvgIpc) is 2.98. The predicted octanol–water partition coefficient (Wildman–Crippen LogP) is -3.36. The lowest BCUT2D eigenvalue weighted by atomic mass is 10.2. The number of amides is 1. The van der Waals surface area contributed by atoms with Gasteiger partial charge in [-0.1, -0.05) is 6.92 Å². The summed E-state index contributed by atoms with van der Waals surface area (Å²) in [6, 6.07) is -1.44. The number of nitrogens with zero attached hydrogens (tertiary/aromatic N) is 2. The summed E-state index contributed by atoms with van der Waals surface area (Å²) < 4.78 is 0. The number of aliphatic imine (C=N–C) groups is 1. The normalized spacial score (nSPS) is 24.3. The SMILES string of the molecule is CCC(C(N)=O)N(C)C(N)NC(=NC1CNCS1)C(N)C(N)O. The Kier molecular flexibility index (Phi) is 8.19. The number of thioether (sulfide) groups is 1. The van der Waals surface area contributed by atoms with Crippen molar-refractivity contribution in [2.75, 3.05) is 19.5 Å². The predicted molar refractivity (Wildman–Crippen MR) is 92.0 cm³/mol. The number of hydrogen-bond donors (Lipinski definition) is 7. The van der Waals surface area contributed by atoms with Gasteiger partial charge in [0.1, 0.15) is 29.8 Å². The fraction of sp³-hybridized carbons (Fsp3) is 0.833. The maximum atomic E-state index is 11.5. The van der Waals surface area contributed by atoms with Gasteiger partial charge in [-0.25, -0.2) is 0 Å². The maximum Gasteiger partial charge on any atom is 0.234 e. The molecular formula is C12H28N8O2S. The van der Waals surface area contributed by atoms with E-state index < -0.39 is 30.5 Å². The Morgan fingerprint density at radius 2 is 2.17 bits per heavy atom. The molecule has 11 N–H and O–H groups in total. The number of amidine groups is 1. The zero-order valence-corrected chi connectivity index (χ0v) is 14.3. The third-order valence-electron chi connectivity index (χ3n) is 3.60. The quantitative estimate of drug-likeness (QED) is 0.134. The van der Waals surface area contributed by atoms with Gasteiger partial charge in [0, 0.05) is 12.4 Å². The van der Waals surface area contributed by atoms with Gasteiger partial charge in [-0.2, -0.15) is 0 Å². The van der Waals surface area contributed by atoms with E-state index in [4.69, 9.17) is 22.9 Å². The summed E-state index contributed by atoms with van der Waals surface area (Å²) in [7, 11) is 1.67. The smallest absolute Gasteiger partial charge is 0.234 e. The van der Waals surface area contributed by atoms with Crippen LogP contribution in [0.3, 0.4) is 0 Å². The highest BCUT2D eigenvalue weighted by Gasteiger charge is 2.27. The number of aliphatic hydroxyl groups is 1. The third-order valence-corrected chi connectivity index (χ3v) is 4.63. The maximum absolute atomic E-state index is 11.5. The molecule has 0 aromatic rings. The number of carbonyl (C=O) groups is 1. The Morgan fingerprint density at radius 3 is 2.61 bits per heavy atom. The number of nitrogens with one attached hydrogen (secondary N) is 2. The summed E-state index contributed by atoms with van der Waals surface area (Å²) in [6.45, 7) is 2.52. The first-order valence-electron chi connectivity index (χ1n) is 7.40. The molecule has 1 amide bonds. The fourth-order valence-electron chi connectivity index (χ4n) is 2.15. The molecule has 134 valence electrons. The third kappa shape index (κ3) is 5.88. The highest BCUT2D eigenvalue weighted by atomic mass is 32.2. The number of nitrogens with two attached hydrogens (primary N) is 4. The van der Waals surface area contributed by atoms with Crippen LogP contribution < -0.4 is 33.6 Å². The number of likely N-dealkylation sites (N-methyl/N-ethyl adjacent to an activating group) is 1. The Balaban J connectivity index is 2.84. The van der Waals surface area contributed by atoms with E-state index in [2.05, 4.69) is 15.6 Å². The van der Waals surface area contributed by atoms with E-state index in [0.29, 0.717) is 18.8 Å². The molecule has 0 bridgehead atoms. The van der Waals surface area contributed by atoms with Crippen LogP contribution in [0.15, 0.2) is 4.99 Å². The van der Waals surface area contributed by atoms with E-state index in [-0.39, 0.29) is 5.37 Å². The van der Waals surface area contributed by atoms with Gasteiger partial charge >= 0.3 is 0 Å². The van der Waals surface area contributed by atoms with Crippen LogP contribution in [0.25, 0.3) is 0 Å². The molecule has 0 aromatic carbocycles. The summed E-state index contributed by atoms with van der Waals surface area (Å²) in [5, 5.41) is 15.6. The van der Waals surface area contributed by atoms with Crippen molar-refractivity contribution in [1.82, 2.24) is 15.5 Å². The lowest BCUT2D eigenvalue weighted by molar-refractivity contribution is -0.123. The Bertz CT molecular complexity index is 416. The van der Waals surface area contributed by atoms with E-state index >= 15 is 0 Å². The highest BCUT2D eigenvalue weighted by Crippen LogP contribution is 2.16. The molecular weight excluding hydrogens is 320 g/mol. The van der Waals surface area contributed by atoms with Crippen LogP contribution in [-0.2, 0) is 4.79 Å². The Labute approximate surface area is 140 Å². The number of rotatable bonds is 8. The van der Waals surface area contributed by atoms with Crippen molar-refractivity contribution in [1.29, 1.82) is 0 Å². The molecule has 1 heterocycles. The summed E-state index contributed by atoms with van der Waals surface area (Å²) in [5.41, 5.74) is 22.8. The molecule has 5 atom stereocenters. The molecule has 5 unspecified atom stereocenters. The molecule has 23 heavy (non-hydrogen) atoms. The van der Waals surface area contributed by atoms with Crippen molar-refractivity contribution in [3.8, 4) is 0 Å². The summed E-state index contributed by atoms with van der Waals surface area (Å²) in [6.07, 6.45) is -1.52. The zero-order valence-electron chi connectivity index (χ0n) is 13.5. The van der Waals surface area contributed by atoms with Gasteiger partial charge in [-0.15, -0.1) is 11.8 Å². The number of aliphatic hydroxyl groups excluding tert-OH is 1. The molecule has 0 aliphatic carbocycles. The minimum atomic E-state index is -1.28. The van der Waals surface area contributed by atoms with E-state index in [9.17, 15) is 9.90 Å². The first-order valence-corrected chi connectivity index (χ1v) is 8.45. The lowest BCUT2D eigenvalue weighted by Crippen LogP contribution is -2.63. The monoisotopic (exact) mass is 348 g/mol. The van der Waals surface area contributed by atoms with Gasteiger partial charge in [0.2, 0.25) is 5.91 Å². The first kappa shape index (κ1) is 20.1. The molecule has 1 aliphatic rings. The van der Waals surface area contributed by atoms with Crippen LogP contribution in [0.4, 0.5) is 0 Å². The van der Waals surface area contributed by atoms with E-state index in [1.54, 1.807) is 23.7 Å². The van der Waals surface area contributed by atoms with E-state index in [0.717, 1.165) is 5.88 Å². The van der Waals surface area contributed by atoms with Gasteiger partial charge in [0.15, 0.2) is 0 Å². The highest BCUT2D eigenvalue weighted by molar-refractivity contribution is 8.00. The molecule has 10 nitrogen and oxygen atoms in total. The molecule has 1 fully saturated rings. The number of primary amides is 1. The molecule has 0 aromatic heterocycles. The van der Waals surface area contributed by atoms with Crippen LogP contribution in [0.2, 0.25) is 0 Å². The molecule has 1 rings (SSSR count). The second kappa shape index (κ2) is 9.37. The minimum Gasteiger partial charge on any atom is -0.377 e. The van der Waals surface area contributed by atoms with Gasteiger partial charge in [0.05, 0.1) is 6.04 Å². The van der Waals surface area contributed by atoms with Gasteiger partial charge < -0.3 is 32.9 Å². The number of carbonyl (C=O) groups excluding carboxylic acids is 1. The van der Waals surface area contributed by atoms with Crippen LogP contribution in [0.5, 0.6) is 0 Å².